The first-order chi connectivity index (χ1) is 14.1. The third-order valence-electron chi connectivity index (χ3n) is 4.80. The Hall–Kier alpha value is -2.67. The Morgan fingerprint density at radius 3 is 2.52 bits per heavy atom. The van der Waals surface area contributed by atoms with Gasteiger partial charge < -0.3 is 5.32 Å². The number of fused-ring (bicyclic) bond motifs is 1. The molecule has 3 rings (SSSR count). The van der Waals surface area contributed by atoms with Gasteiger partial charge in [-0.25, -0.2) is 8.42 Å². The average molecular weight is 414 g/mol. The standard InChI is InChI=1S/C22H27N3O3S/c26-21(23-17-9-12-18-10-3-1-4-11-18)15-5-2-8-16-24-22-19-13-6-7-14-20(19)29(27,28)25-22/h1,3-4,6-7,10-11,13-14H,2,5,8-9,12,15-17H2,(H,23,26)(H,24,25). The van der Waals surface area contributed by atoms with E-state index in [0.29, 0.717) is 30.9 Å². The van der Waals surface area contributed by atoms with Crippen molar-refractivity contribution in [3.8, 4) is 0 Å². The first-order valence-electron chi connectivity index (χ1n) is 10.0. The van der Waals surface area contributed by atoms with Crippen LogP contribution >= 0.6 is 0 Å². The maximum atomic E-state index is 12.0. The molecule has 0 atom stereocenters. The summed E-state index contributed by atoms with van der Waals surface area (Å²) in [5.74, 6) is 0.499. The number of sulfonamides is 1. The molecule has 0 saturated heterocycles. The van der Waals surface area contributed by atoms with Gasteiger partial charge in [0, 0.05) is 25.1 Å². The molecule has 1 heterocycles. The average Bonchev–Trinajstić information content (AvgIpc) is 2.99. The van der Waals surface area contributed by atoms with Gasteiger partial charge in [-0.3, -0.25) is 14.5 Å². The van der Waals surface area contributed by atoms with E-state index in [9.17, 15) is 13.2 Å². The molecule has 1 aliphatic rings. The van der Waals surface area contributed by atoms with Gasteiger partial charge >= 0.3 is 0 Å². The number of nitrogens with one attached hydrogen (secondary N) is 2. The van der Waals surface area contributed by atoms with Crippen LogP contribution in [-0.2, 0) is 21.2 Å². The number of aliphatic imine (C=N–C) groups is 1. The number of rotatable bonds is 10. The van der Waals surface area contributed by atoms with Gasteiger partial charge in [0.25, 0.3) is 10.0 Å². The molecule has 0 saturated carbocycles. The molecular weight excluding hydrogens is 386 g/mol. The van der Waals surface area contributed by atoms with Crippen LogP contribution in [0.2, 0.25) is 0 Å². The summed E-state index contributed by atoms with van der Waals surface area (Å²) >= 11 is 0. The minimum absolute atomic E-state index is 0.0851. The van der Waals surface area contributed by atoms with Crippen LogP contribution in [0.15, 0.2) is 64.5 Å². The van der Waals surface area contributed by atoms with E-state index in [-0.39, 0.29) is 10.8 Å². The molecule has 0 unspecified atom stereocenters. The summed E-state index contributed by atoms with van der Waals surface area (Å²) in [6.45, 7) is 1.23. The Bertz CT molecular complexity index is 956. The number of carbonyl (C=O) groups is 1. The van der Waals surface area contributed by atoms with Gasteiger partial charge in [0.15, 0.2) is 0 Å². The first kappa shape index (κ1) is 21.0. The van der Waals surface area contributed by atoms with Crippen LogP contribution in [0.5, 0.6) is 0 Å². The van der Waals surface area contributed by atoms with Crippen molar-refractivity contribution in [2.45, 2.75) is 43.4 Å². The minimum atomic E-state index is -3.48. The quantitative estimate of drug-likeness (QED) is 0.587. The molecule has 0 fully saturated rings. The van der Waals surface area contributed by atoms with Gasteiger partial charge in [0.1, 0.15) is 5.84 Å². The van der Waals surface area contributed by atoms with E-state index >= 15 is 0 Å². The smallest absolute Gasteiger partial charge is 0.263 e. The number of unbranched alkanes of at least 4 members (excludes halogenated alkanes) is 2. The Balaban J connectivity index is 1.28. The van der Waals surface area contributed by atoms with Crippen molar-refractivity contribution >= 4 is 21.8 Å². The third-order valence-corrected chi connectivity index (χ3v) is 6.20. The largest absolute Gasteiger partial charge is 0.356 e. The normalized spacial score (nSPS) is 15.7. The van der Waals surface area contributed by atoms with Gasteiger partial charge in [-0.05, 0) is 43.4 Å². The molecule has 2 aromatic carbocycles. The van der Waals surface area contributed by atoms with Crippen LogP contribution in [0.3, 0.4) is 0 Å². The predicted octanol–water partition coefficient (Wildman–Crippen LogP) is 3.03. The highest BCUT2D eigenvalue weighted by Crippen LogP contribution is 2.22. The zero-order valence-electron chi connectivity index (χ0n) is 16.4. The van der Waals surface area contributed by atoms with E-state index in [1.165, 1.54) is 5.56 Å². The molecule has 2 aromatic rings. The molecule has 0 bridgehead atoms. The molecule has 1 aliphatic heterocycles. The summed E-state index contributed by atoms with van der Waals surface area (Å²) in [6.07, 6.45) is 4.91. The molecule has 2 N–H and O–H groups in total. The van der Waals surface area contributed by atoms with Gasteiger partial charge in [0.05, 0.1) is 4.90 Å². The number of nitrogens with zero attached hydrogens (tertiary/aromatic N) is 1. The van der Waals surface area contributed by atoms with Gasteiger partial charge in [0.2, 0.25) is 5.91 Å². The highest BCUT2D eigenvalue weighted by Gasteiger charge is 2.29. The second-order valence-electron chi connectivity index (χ2n) is 7.08. The third kappa shape index (κ3) is 6.15. The Morgan fingerprint density at radius 1 is 0.931 bits per heavy atom. The summed E-state index contributed by atoms with van der Waals surface area (Å²) in [5, 5.41) is 2.97. The number of hydrogen-bond donors (Lipinski definition) is 2. The molecule has 0 spiro atoms. The highest BCUT2D eigenvalue weighted by atomic mass is 32.2. The second kappa shape index (κ2) is 10.2. The van der Waals surface area contributed by atoms with Crippen LogP contribution < -0.4 is 10.0 Å². The summed E-state index contributed by atoms with van der Waals surface area (Å²) in [6, 6.07) is 17.1. The van der Waals surface area contributed by atoms with Gasteiger partial charge in [-0.2, -0.15) is 0 Å². The fourth-order valence-electron chi connectivity index (χ4n) is 3.27. The van der Waals surface area contributed by atoms with Crippen molar-refractivity contribution in [2.24, 2.45) is 4.99 Å². The lowest BCUT2D eigenvalue weighted by Crippen LogP contribution is -2.24. The lowest BCUT2D eigenvalue weighted by atomic mass is 10.1. The Kier molecular flexibility index (Phi) is 7.41. The highest BCUT2D eigenvalue weighted by molar-refractivity contribution is 7.90. The number of amides is 1. The van der Waals surface area contributed by atoms with Crippen molar-refractivity contribution in [1.29, 1.82) is 0 Å². The van der Waals surface area contributed by atoms with Crippen molar-refractivity contribution in [3.63, 3.8) is 0 Å². The van der Waals surface area contributed by atoms with Crippen molar-refractivity contribution in [2.75, 3.05) is 13.1 Å². The van der Waals surface area contributed by atoms with E-state index < -0.39 is 10.0 Å². The number of aryl methyl sites for hydroxylation is 1. The van der Waals surface area contributed by atoms with Gasteiger partial charge in [-0.1, -0.05) is 48.9 Å². The summed E-state index contributed by atoms with van der Waals surface area (Å²) in [5.41, 5.74) is 1.91. The Labute approximate surface area is 172 Å². The van der Waals surface area contributed by atoms with E-state index in [1.54, 1.807) is 24.3 Å². The SMILES string of the molecule is O=C(CCCCCN=C1NS(=O)(=O)c2ccccc21)NCCCc1ccccc1. The van der Waals surface area contributed by atoms with Crippen molar-refractivity contribution in [3.05, 3.63) is 65.7 Å². The van der Waals surface area contributed by atoms with Crippen molar-refractivity contribution in [1.82, 2.24) is 10.0 Å². The number of amidine groups is 1. The summed E-state index contributed by atoms with van der Waals surface area (Å²) in [7, 11) is -3.48. The molecule has 0 aliphatic carbocycles. The maximum Gasteiger partial charge on any atom is 0.263 e. The van der Waals surface area contributed by atoms with E-state index in [2.05, 4.69) is 27.2 Å². The first-order valence-corrected chi connectivity index (χ1v) is 11.5. The Morgan fingerprint density at radius 2 is 1.69 bits per heavy atom. The van der Waals surface area contributed by atoms with Crippen molar-refractivity contribution < 1.29 is 13.2 Å². The van der Waals surface area contributed by atoms with Crippen LogP contribution in [0.4, 0.5) is 0 Å². The summed E-state index contributed by atoms with van der Waals surface area (Å²) < 4.78 is 26.6. The van der Waals surface area contributed by atoms with Crippen LogP contribution in [-0.4, -0.2) is 33.3 Å². The topological polar surface area (TPSA) is 87.6 Å². The zero-order valence-corrected chi connectivity index (χ0v) is 17.2. The number of benzene rings is 2. The van der Waals surface area contributed by atoms with E-state index in [4.69, 9.17) is 0 Å². The molecule has 154 valence electrons. The molecule has 7 heteroatoms. The molecule has 0 aromatic heterocycles. The van der Waals surface area contributed by atoms with Gasteiger partial charge in [-0.15, -0.1) is 0 Å². The minimum Gasteiger partial charge on any atom is -0.356 e. The van der Waals surface area contributed by atoms with Crippen LogP contribution in [0.25, 0.3) is 0 Å². The molecular formula is C22H27N3O3S. The maximum absolute atomic E-state index is 12.0. The molecule has 1 amide bonds. The predicted molar refractivity (Wildman–Crippen MR) is 114 cm³/mol. The van der Waals surface area contributed by atoms with Crippen LogP contribution in [0, 0.1) is 0 Å². The number of hydrogen-bond acceptors (Lipinski definition) is 4. The fraction of sp³-hybridized carbons (Fsp3) is 0.364. The monoisotopic (exact) mass is 413 g/mol. The summed E-state index contributed by atoms with van der Waals surface area (Å²) in [4.78, 5) is 16.6. The van der Waals surface area contributed by atoms with E-state index in [1.807, 2.05) is 18.2 Å². The lowest BCUT2D eigenvalue weighted by Gasteiger charge is -2.05. The van der Waals surface area contributed by atoms with E-state index in [0.717, 1.165) is 32.1 Å². The molecule has 6 nitrogen and oxygen atoms in total. The molecule has 29 heavy (non-hydrogen) atoms. The fourth-order valence-corrected chi connectivity index (χ4v) is 4.52. The number of carbonyl (C=O) groups excluding carboxylic acids is 1. The lowest BCUT2D eigenvalue weighted by molar-refractivity contribution is -0.121. The van der Waals surface area contributed by atoms with Crippen LogP contribution in [0.1, 0.15) is 43.2 Å². The zero-order chi connectivity index (χ0) is 20.5. The second-order valence-corrected chi connectivity index (χ2v) is 8.73. The molecule has 0 radical (unpaired) electrons.